The van der Waals surface area contributed by atoms with Gasteiger partial charge in [0.25, 0.3) is 0 Å². The van der Waals surface area contributed by atoms with Gasteiger partial charge in [0.2, 0.25) is 5.82 Å². The van der Waals surface area contributed by atoms with Crippen LogP contribution in [0.25, 0.3) is 50.6 Å². The molecule has 0 amide bonds. The maximum atomic E-state index is 11.6. The lowest BCUT2D eigenvalue weighted by atomic mass is 9.72. The van der Waals surface area contributed by atoms with E-state index in [0.29, 0.717) is 17.3 Å². The highest BCUT2D eigenvalue weighted by Crippen LogP contribution is 2.40. The highest BCUT2D eigenvalue weighted by atomic mass is 16.1. The molecule has 2 aromatic carbocycles. The van der Waals surface area contributed by atoms with Crippen molar-refractivity contribution in [3.8, 4) is 34.0 Å². The van der Waals surface area contributed by atoms with E-state index in [1.807, 2.05) is 30.5 Å². The van der Waals surface area contributed by atoms with Crippen molar-refractivity contribution >= 4 is 16.6 Å². The van der Waals surface area contributed by atoms with Crippen LogP contribution >= 0.6 is 0 Å². The fourth-order valence-corrected chi connectivity index (χ4v) is 5.00. The van der Waals surface area contributed by atoms with E-state index in [4.69, 9.17) is 10.7 Å². The highest BCUT2D eigenvalue weighted by molar-refractivity contribution is 5.98. The SMILES string of the molecule is NC1(c2ccc(-c3nc4ccn5c(-c6n[nH]c(=O)[nH]6)nnc5c4cc3-c3ccccc3)cc2)CCC1. The van der Waals surface area contributed by atoms with Crippen LogP contribution in [-0.4, -0.2) is 34.8 Å². The summed E-state index contributed by atoms with van der Waals surface area (Å²) in [5, 5.41) is 15.9. The molecule has 9 nitrogen and oxygen atoms in total. The number of aromatic amines is 2. The minimum absolute atomic E-state index is 0.201. The third-order valence-corrected chi connectivity index (χ3v) is 7.15. The lowest BCUT2D eigenvalue weighted by molar-refractivity contribution is 0.253. The Hall–Kier alpha value is -4.63. The Morgan fingerprint density at radius 1 is 0.944 bits per heavy atom. The Morgan fingerprint density at radius 3 is 2.44 bits per heavy atom. The van der Waals surface area contributed by atoms with Gasteiger partial charge in [0.15, 0.2) is 11.5 Å². The van der Waals surface area contributed by atoms with Gasteiger partial charge in [0.1, 0.15) is 0 Å². The zero-order valence-electron chi connectivity index (χ0n) is 19.3. The summed E-state index contributed by atoms with van der Waals surface area (Å²) in [4.78, 5) is 19.3. The van der Waals surface area contributed by atoms with Crippen molar-refractivity contribution in [1.82, 2.24) is 34.8 Å². The first kappa shape index (κ1) is 20.7. The molecule has 1 aliphatic rings. The summed E-state index contributed by atoms with van der Waals surface area (Å²) >= 11 is 0. The number of hydrogen-bond donors (Lipinski definition) is 3. The van der Waals surface area contributed by atoms with Crippen molar-refractivity contribution in [3.05, 3.63) is 89.0 Å². The summed E-state index contributed by atoms with van der Waals surface area (Å²) in [6.07, 6.45) is 5.07. The Labute approximate surface area is 205 Å². The molecule has 4 heterocycles. The van der Waals surface area contributed by atoms with Gasteiger partial charge in [-0.2, -0.15) is 0 Å². The molecule has 7 rings (SSSR count). The minimum atomic E-state index is -0.399. The third-order valence-electron chi connectivity index (χ3n) is 7.15. The van der Waals surface area contributed by atoms with E-state index >= 15 is 0 Å². The normalized spacial score (nSPS) is 14.8. The van der Waals surface area contributed by atoms with Gasteiger partial charge in [-0.3, -0.25) is 9.38 Å². The number of nitrogens with one attached hydrogen (secondary N) is 2. The van der Waals surface area contributed by atoms with Gasteiger partial charge in [-0.15, -0.1) is 15.3 Å². The molecule has 0 bridgehead atoms. The number of pyridine rings is 2. The molecule has 36 heavy (non-hydrogen) atoms. The topological polar surface area (TPSA) is 131 Å². The first-order chi connectivity index (χ1) is 17.6. The molecular formula is C27H22N8O. The Bertz CT molecular complexity index is 1790. The van der Waals surface area contributed by atoms with Crippen LogP contribution in [-0.2, 0) is 5.54 Å². The van der Waals surface area contributed by atoms with Crippen LogP contribution < -0.4 is 11.4 Å². The molecule has 9 heteroatoms. The van der Waals surface area contributed by atoms with Crippen LogP contribution in [0.3, 0.4) is 0 Å². The summed E-state index contributed by atoms with van der Waals surface area (Å²) in [7, 11) is 0. The maximum Gasteiger partial charge on any atom is 0.341 e. The van der Waals surface area contributed by atoms with Crippen LogP contribution in [0, 0.1) is 0 Å². The summed E-state index contributed by atoms with van der Waals surface area (Å²) in [6.45, 7) is 0. The predicted molar refractivity (Wildman–Crippen MR) is 137 cm³/mol. The Balaban J connectivity index is 1.43. The number of hydrogen-bond acceptors (Lipinski definition) is 6. The number of aromatic nitrogens is 7. The Morgan fingerprint density at radius 2 is 1.75 bits per heavy atom. The van der Waals surface area contributed by atoms with Crippen molar-refractivity contribution in [2.75, 3.05) is 0 Å². The van der Waals surface area contributed by atoms with E-state index in [9.17, 15) is 4.79 Å². The molecule has 0 radical (unpaired) electrons. The van der Waals surface area contributed by atoms with Crippen molar-refractivity contribution in [1.29, 1.82) is 0 Å². The smallest absolute Gasteiger partial charge is 0.321 e. The second-order valence-corrected chi connectivity index (χ2v) is 9.33. The number of nitrogens with zero attached hydrogens (tertiary/aromatic N) is 5. The molecule has 4 aromatic heterocycles. The standard InChI is InChI=1S/C27H22N8O/c28-27(12-4-13-27)18-9-7-17(8-10-18)22-19(16-5-2-1-3-6-16)15-20-21(29-22)11-14-35-24(20)32-33-25(35)23-30-26(36)34-31-23/h1-3,5-11,14-15H,4,12-13,28H2,(H2,30,31,34,36). The molecule has 4 N–H and O–H groups in total. The van der Waals surface area contributed by atoms with Gasteiger partial charge >= 0.3 is 5.69 Å². The van der Waals surface area contributed by atoms with Crippen LogP contribution in [0.2, 0.25) is 0 Å². The van der Waals surface area contributed by atoms with E-state index in [1.54, 1.807) is 4.40 Å². The molecule has 0 saturated heterocycles. The summed E-state index contributed by atoms with van der Waals surface area (Å²) in [6, 6.07) is 22.7. The molecule has 1 fully saturated rings. The molecule has 0 spiro atoms. The monoisotopic (exact) mass is 474 g/mol. The van der Waals surface area contributed by atoms with E-state index in [2.05, 4.69) is 67.8 Å². The van der Waals surface area contributed by atoms with Crippen molar-refractivity contribution in [3.63, 3.8) is 0 Å². The average molecular weight is 475 g/mol. The summed E-state index contributed by atoms with van der Waals surface area (Å²) in [5.74, 6) is 0.766. The first-order valence-corrected chi connectivity index (χ1v) is 11.9. The maximum absolute atomic E-state index is 11.6. The van der Waals surface area contributed by atoms with Gasteiger partial charge < -0.3 is 5.73 Å². The first-order valence-electron chi connectivity index (χ1n) is 11.9. The van der Waals surface area contributed by atoms with Gasteiger partial charge in [-0.05, 0) is 42.5 Å². The fourth-order valence-electron chi connectivity index (χ4n) is 5.00. The van der Waals surface area contributed by atoms with Gasteiger partial charge in [-0.1, -0.05) is 54.6 Å². The lowest BCUT2D eigenvalue weighted by Gasteiger charge is -2.38. The largest absolute Gasteiger partial charge is 0.341 e. The molecule has 0 unspecified atom stereocenters. The number of H-pyrrole nitrogens is 2. The number of fused-ring (bicyclic) bond motifs is 3. The third kappa shape index (κ3) is 3.17. The van der Waals surface area contributed by atoms with E-state index < -0.39 is 5.69 Å². The van der Waals surface area contributed by atoms with E-state index in [0.717, 1.165) is 46.1 Å². The predicted octanol–water partition coefficient (Wildman–Crippen LogP) is 4.03. The van der Waals surface area contributed by atoms with Crippen LogP contribution in [0.5, 0.6) is 0 Å². The molecular weight excluding hydrogens is 452 g/mol. The molecule has 1 aliphatic carbocycles. The lowest BCUT2D eigenvalue weighted by Crippen LogP contribution is -2.43. The summed E-state index contributed by atoms with van der Waals surface area (Å²) < 4.78 is 1.80. The zero-order chi connectivity index (χ0) is 24.3. The number of nitrogens with two attached hydrogens (primary N) is 1. The molecule has 0 atom stereocenters. The molecule has 0 aliphatic heterocycles. The number of rotatable bonds is 4. The van der Waals surface area contributed by atoms with Crippen LogP contribution in [0.15, 0.2) is 77.7 Å². The minimum Gasteiger partial charge on any atom is -0.321 e. The molecule has 176 valence electrons. The quantitative estimate of drug-likeness (QED) is 0.354. The van der Waals surface area contributed by atoms with E-state index in [-0.39, 0.29) is 5.54 Å². The van der Waals surface area contributed by atoms with E-state index in [1.165, 1.54) is 12.0 Å². The van der Waals surface area contributed by atoms with Gasteiger partial charge in [-0.25, -0.2) is 14.9 Å². The van der Waals surface area contributed by atoms with Crippen LogP contribution in [0.4, 0.5) is 0 Å². The second kappa shape index (κ2) is 7.69. The van der Waals surface area contributed by atoms with Crippen molar-refractivity contribution in [2.24, 2.45) is 5.73 Å². The highest BCUT2D eigenvalue weighted by Gasteiger charge is 2.34. The summed E-state index contributed by atoms with van der Waals surface area (Å²) in [5.41, 5.74) is 12.5. The zero-order valence-corrected chi connectivity index (χ0v) is 19.3. The fraction of sp³-hybridized carbons (Fsp3) is 0.148. The van der Waals surface area contributed by atoms with Gasteiger partial charge in [0.05, 0.1) is 11.2 Å². The Kier molecular flexibility index (Phi) is 4.43. The van der Waals surface area contributed by atoms with Crippen molar-refractivity contribution in [2.45, 2.75) is 24.8 Å². The molecule has 1 saturated carbocycles. The van der Waals surface area contributed by atoms with Crippen molar-refractivity contribution < 1.29 is 0 Å². The second-order valence-electron chi connectivity index (χ2n) is 9.33. The van der Waals surface area contributed by atoms with Gasteiger partial charge in [0, 0.05) is 28.2 Å². The number of benzene rings is 2. The molecule has 6 aromatic rings. The van der Waals surface area contributed by atoms with Crippen LogP contribution in [0.1, 0.15) is 24.8 Å². The average Bonchev–Trinajstić information content (AvgIpc) is 3.53.